The standard InChI is InChI=1S/C12H11F3N4O/c1-2-9-17-10(19-18-9)11(20)16-8-6-4-3-5-7(8)12(13,14)15/h3-6H,2H2,1H3,(H,16,20)(H,17,18,19). The molecule has 1 aromatic carbocycles. The molecule has 0 aliphatic heterocycles. The Hall–Kier alpha value is -2.38. The summed E-state index contributed by atoms with van der Waals surface area (Å²) in [6.07, 6.45) is -4.00. The summed E-state index contributed by atoms with van der Waals surface area (Å²) in [6, 6.07) is 4.72. The zero-order valence-electron chi connectivity index (χ0n) is 10.5. The molecule has 0 aliphatic rings. The van der Waals surface area contributed by atoms with Gasteiger partial charge in [-0.2, -0.15) is 13.2 Å². The average Bonchev–Trinajstić information content (AvgIpc) is 2.87. The van der Waals surface area contributed by atoms with Gasteiger partial charge in [0.2, 0.25) is 5.82 Å². The van der Waals surface area contributed by atoms with E-state index in [1.165, 1.54) is 18.2 Å². The molecule has 0 radical (unpaired) electrons. The van der Waals surface area contributed by atoms with Crippen LogP contribution in [-0.2, 0) is 12.6 Å². The van der Waals surface area contributed by atoms with E-state index in [0.717, 1.165) is 6.07 Å². The van der Waals surface area contributed by atoms with Crippen LogP contribution in [0, 0.1) is 0 Å². The first-order valence-corrected chi connectivity index (χ1v) is 5.80. The van der Waals surface area contributed by atoms with Crippen molar-refractivity contribution < 1.29 is 18.0 Å². The predicted molar refractivity (Wildman–Crippen MR) is 65.2 cm³/mol. The molecule has 2 rings (SSSR count). The molecule has 2 N–H and O–H groups in total. The lowest BCUT2D eigenvalue weighted by atomic mass is 10.1. The molecule has 0 fully saturated rings. The molecule has 0 saturated heterocycles. The molecular formula is C12H11F3N4O. The highest BCUT2D eigenvalue weighted by Gasteiger charge is 2.33. The first kappa shape index (κ1) is 14.0. The number of nitrogens with zero attached hydrogens (tertiary/aromatic N) is 2. The summed E-state index contributed by atoms with van der Waals surface area (Å²) in [4.78, 5) is 15.7. The minimum atomic E-state index is -4.54. The normalized spacial score (nSPS) is 11.4. The van der Waals surface area contributed by atoms with Crippen LogP contribution >= 0.6 is 0 Å². The maximum absolute atomic E-state index is 12.8. The number of carbonyl (C=O) groups is 1. The van der Waals surface area contributed by atoms with Crippen LogP contribution in [0.3, 0.4) is 0 Å². The van der Waals surface area contributed by atoms with Gasteiger partial charge in [0.05, 0.1) is 11.3 Å². The first-order chi connectivity index (χ1) is 9.41. The van der Waals surface area contributed by atoms with Gasteiger partial charge in [-0.15, -0.1) is 5.10 Å². The molecular weight excluding hydrogens is 273 g/mol. The van der Waals surface area contributed by atoms with Gasteiger partial charge in [-0.1, -0.05) is 19.1 Å². The van der Waals surface area contributed by atoms with E-state index >= 15 is 0 Å². The Kier molecular flexibility index (Phi) is 3.73. The van der Waals surface area contributed by atoms with Gasteiger partial charge in [0.1, 0.15) is 5.82 Å². The lowest BCUT2D eigenvalue weighted by molar-refractivity contribution is -0.136. The van der Waals surface area contributed by atoms with Crippen molar-refractivity contribution in [3.8, 4) is 0 Å². The maximum atomic E-state index is 12.8. The van der Waals surface area contributed by atoms with Crippen LogP contribution in [0.15, 0.2) is 24.3 Å². The largest absolute Gasteiger partial charge is 0.418 e. The van der Waals surface area contributed by atoms with Gasteiger partial charge in [0.25, 0.3) is 5.91 Å². The van der Waals surface area contributed by atoms with Crippen molar-refractivity contribution >= 4 is 11.6 Å². The average molecular weight is 284 g/mol. The number of rotatable bonds is 3. The third-order valence-electron chi connectivity index (χ3n) is 2.55. The summed E-state index contributed by atoms with van der Waals surface area (Å²) >= 11 is 0. The van der Waals surface area contributed by atoms with Gasteiger partial charge in [0.15, 0.2) is 0 Å². The fourth-order valence-corrected chi connectivity index (χ4v) is 1.57. The number of H-pyrrole nitrogens is 1. The van der Waals surface area contributed by atoms with Crippen LogP contribution in [0.1, 0.15) is 28.9 Å². The Balaban J connectivity index is 2.24. The van der Waals surface area contributed by atoms with Crippen LogP contribution in [0.25, 0.3) is 0 Å². The van der Waals surface area contributed by atoms with E-state index in [4.69, 9.17) is 0 Å². The summed E-state index contributed by atoms with van der Waals surface area (Å²) in [5.74, 6) is -0.504. The second-order valence-electron chi connectivity index (χ2n) is 3.96. The molecule has 0 aliphatic carbocycles. The van der Waals surface area contributed by atoms with Crippen molar-refractivity contribution in [2.45, 2.75) is 19.5 Å². The van der Waals surface area contributed by atoms with E-state index in [2.05, 4.69) is 20.5 Å². The third kappa shape index (κ3) is 2.95. The maximum Gasteiger partial charge on any atom is 0.418 e. The predicted octanol–water partition coefficient (Wildman–Crippen LogP) is 2.64. The summed E-state index contributed by atoms with van der Waals surface area (Å²) in [5, 5.41) is 8.34. The number of aryl methyl sites for hydroxylation is 1. The van der Waals surface area contributed by atoms with Crippen LogP contribution in [0.2, 0.25) is 0 Å². The lowest BCUT2D eigenvalue weighted by Gasteiger charge is -2.12. The smallest absolute Gasteiger partial charge is 0.319 e. The molecule has 0 unspecified atom stereocenters. The third-order valence-corrected chi connectivity index (χ3v) is 2.55. The second-order valence-corrected chi connectivity index (χ2v) is 3.96. The number of hydrogen-bond acceptors (Lipinski definition) is 3. The van der Waals surface area contributed by atoms with Crippen molar-refractivity contribution in [1.82, 2.24) is 15.2 Å². The Morgan fingerprint density at radius 3 is 2.65 bits per heavy atom. The molecule has 8 heteroatoms. The number of aromatic nitrogens is 3. The SMILES string of the molecule is CCc1nc(C(=O)Nc2ccccc2C(F)(F)F)n[nH]1. The Bertz CT molecular complexity index is 621. The number of halogens is 3. The van der Waals surface area contributed by atoms with Gasteiger partial charge in [0, 0.05) is 6.42 Å². The minimum absolute atomic E-state index is 0.196. The number of para-hydroxylation sites is 1. The van der Waals surface area contributed by atoms with Gasteiger partial charge >= 0.3 is 6.18 Å². The van der Waals surface area contributed by atoms with Crippen molar-refractivity contribution in [2.24, 2.45) is 0 Å². The second kappa shape index (κ2) is 5.32. The molecule has 106 valence electrons. The lowest BCUT2D eigenvalue weighted by Crippen LogP contribution is -2.17. The van der Waals surface area contributed by atoms with E-state index < -0.39 is 17.6 Å². The summed E-state index contributed by atoms with van der Waals surface area (Å²) in [6.45, 7) is 1.81. The molecule has 2 aromatic rings. The number of nitrogens with one attached hydrogen (secondary N) is 2. The monoisotopic (exact) mass is 284 g/mol. The van der Waals surface area contributed by atoms with Crippen molar-refractivity contribution in [1.29, 1.82) is 0 Å². The van der Waals surface area contributed by atoms with E-state index in [9.17, 15) is 18.0 Å². The first-order valence-electron chi connectivity index (χ1n) is 5.80. The quantitative estimate of drug-likeness (QED) is 0.910. The highest BCUT2D eigenvalue weighted by atomic mass is 19.4. The highest BCUT2D eigenvalue weighted by Crippen LogP contribution is 2.34. The van der Waals surface area contributed by atoms with E-state index in [0.29, 0.717) is 12.2 Å². The molecule has 1 amide bonds. The molecule has 0 atom stereocenters. The van der Waals surface area contributed by atoms with E-state index in [1.807, 2.05) is 0 Å². The number of carbonyl (C=O) groups excluding carboxylic acids is 1. The molecule has 0 bridgehead atoms. The Morgan fingerprint density at radius 2 is 2.05 bits per heavy atom. The fraction of sp³-hybridized carbons (Fsp3) is 0.250. The van der Waals surface area contributed by atoms with Crippen molar-refractivity contribution in [2.75, 3.05) is 5.32 Å². The molecule has 5 nitrogen and oxygen atoms in total. The van der Waals surface area contributed by atoms with Crippen LogP contribution in [-0.4, -0.2) is 21.1 Å². The number of hydrogen-bond donors (Lipinski definition) is 2. The summed E-state index contributed by atoms with van der Waals surface area (Å²) < 4.78 is 38.3. The zero-order valence-corrected chi connectivity index (χ0v) is 10.5. The zero-order chi connectivity index (χ0) is 14.8. The topological polar surface area (TPSA) is 70.7 Å². The molecule has 20 heavy (non-hydrogen) atoms. The number of anilines is 1. The van der Waals surface area contributed by atoms with Gasteiger partial charge < -0.3 is 5.32 Å². The minimum Gasteiger partial charge on any atom is -0.319 e. The Labute approximate surface area is 112 Å². The Morgan fingerprint density at radius 1 is 1.35 bits per heavy atom. The van der Waals surface area contributed by atoms with Crippen molar-refractivity contribution in [3.05, 3.63) is 41.5 Å². The van der Waals surface area contributed by atoms with Crippen molar-refractivity contribution in [3.63, 3.8) is 0 Å². The van der Waals surface area contributed by atoms with Crippen LogP contribution in [0.4, 0.5) is 18.9 Å². The van der Waals surface area contributed by atoms with Crippen LogP contribution < -0.4 is 5.32 Å². The van der Waals surface area contributed by atoms with E-state index in [1.54, 1.807) is 6.92 Å². The molecule has 1 heterocycles. The van der Waals surface area contributed by atoms with E-state index in [-0.39, 0.29) is 11.5 Å². The number of benzene rings is 1. The number of aromatic amines is 1. The molecule has 1 aromatic heterocycles. The van der Waals surface area contributed by atoms with Gasteiger partial charge in [-0.3, -0.25) is 9.89 Å². The molecule has 0 spiro atoms. The molecule has 0 saturated carbocycles. The van der Waals surface area contributed by atoms with Gasteiger partial charge in [-0.05, 0) is 12.1 Å². The van der Waals surface area contributed by atoms with Crippen LogP contribution in [0.5, 0.6) is 0 Å². The number of alkyl halides is 3. The van der Waals surface area contributed by atoms with Gasteiger partial charge in [-0.25, -0.2) is 4.98 Å². The highest BCUT2D eigenvalue weighted by molar-refractivity contribution is 6.02. The summed E-state index contributed by atoms with van der Waals surface area (Å²) in [5.41, 5.74) is -1.24. The summed E-state index contributed by atoms with van der Waals surface area (Å²) in [7, 11) is 0. The number of amides is 1. The fourth-order valence-electron chi connectivity index (χ4n) is 1.57.